The lowest BCUT2D eigenvalue weighted by Gasteiger charge is -2.35. The van der Waals surface area contributed by atoms with Gasteiger partial charge in [-0.2, -0.15) is 0 Å². The van der Waals surface area contributed by atoms with Crippen molar-refractivity contribution < 1.29 is 14.4 Å². The number of rotatable bonds is 4. The van der Waals surface area contributed by atoms with Crippen molar-refractivity contribution in [3.05, 3.63) is 65.2 Å². The van der Waals surface area contributed by atoms with Crippen molar-refractivity contribution in [2.45, 2.75) is 70.9 Å². The van der Waals surface area contributed by atoms with Crippen LogP contribution in [0.4, 0.5) is 5.69 Å². The Balaban J connectivity index is 1.68. The van der Waals surface area contributed by atoms with Crippen molar-refractivity contribution in [2.75, 3.05) is 4.90 Å². The molecule has 0 spiro atoms. The summed E-state index contributed by atoms with van der Waals surface area (Å²) < 4.78 is 0. The first-order chi connectivity index (χ1) is 15.0. The number of benzene rings is 2. The fourth-order valence-corrected chi connectivity index (χ4v) is 4.74. The summed E-state index contributed by atoms with van der Waals surface area (Å²) in [6.07, 6.45) is 6.17. The monoisotopic (exact) mass is 418 g/mol. The quantitative estimate of drug-likeness (QED) is 0.529. The number of hydrogen-bond acceptors (Lipinski definition) is 3. The lowest BCUT2D eigenvalue weighted by molar-refractivity contribution is -0.123. The maximum atomic E-state index is 13.6. The minimum Gasteiger partial charge on any atom is -0.323 e. The van der Waals surface area contributed by atoms with Gasteiger partial charge in [-0.3, -0.25) is 14.4 Å². The summed E-state index contributed by atoms with van der Waals surface area (Å²) in [4.78, 5) is 43.0. The van der Waals surface area contributed by atoms with E-state index in [2.05, 4.69) is 0 Å². The fourth-order valence-electron chi connectivity index (χ4n) is 4.74. The van der Waals surface area contributed by atoms with Crippen LogP contribution in [-0.4, -0.2) is 34.7 Å². The van der Waals surface area contributed by atoms with E-state index in [0.29, 0.717) is 11.3 Å². The predicted octanol–water partition coefficient (Wildman–Crippen LogP) is 4.80. The van der Waals surface area contributed by atoms with Crippen LogP contribution in [-0.2, 0) is 9.59 Å². The maximum absolute atomic E-state index is 13.6. The van der Waals surface area contributed by atoms with Crippen LogP contribution in [0.1, 0.15) is 66.4 Å². The van der Waals surface area contributed by atoms with Gasteiger partial charge in [0.2, 0.25) is 5.91 Å². The van der Waals surface area contributed by atoms with Crippen LogP contribution in [0.2, 0.25) is 0 Å². The molecule has 1 saturated carbocycles. The summed E-state index contributed by atoms with van der Waals surface area (Å²) in [6, 6.07) is 14.1. The Bertz CT molecular complexity index is 957. The van der Waals surface area contributed by atoms with Crippen LogP contribution >= 0.6 is 0 Å². The topological polar surface area (TPSA) is 57.7 Å². The molecule has 5 heteroatoms. The molecule has 1 saturated heterocycles. The van der Waals surface area contributed by atoms with Gasteiger partial charge < -0.3 is 4.90 Å². The molecule has 3 amide bonds. The average Bonchev–Trinajstić information content (AvgIpc) is 2.92. The van der Waals surface area contributed by atoms with Crippen molar-refractivity contribution in [3.8, 4) is 0 Å². The van der Waals surface area contributed by atoms with Crippen molar-refractivity contribution in [3.63, 3.8) is 0 Å². The van der Waals surface area contributed by atoms with E-state index in [1.54, 1.807) is 17.0 Å². The highest BCUT2D eigenvalue weighted by molar-refractivity contribution is 6.23. The Morgan fingerprint density at radius 3 is 1.97 bits per heavy atom. The number of anilines is 1. The second-order valence-electron chi connectivity index (χ2n) is 8.85. The third kappa shape index (κ3) is 4.41. The molecule has 1 unspecified atom stereocenters. The molecule has 2 aliphatic rings. The summed E-state index contributed by atoms with van der Waals surface area (Å²) in [5.41, 5.74) is 3.29. The van der Waals surface area contributed by atoms with Crippen molar-refractivity contribution >= 4 is 23.4 Å². The third-order valence-electron chi connectivity index (χ3n) is 6.50. The van der Waals surface area contributed by atoms with Crippen molar-refractivity contribution in [2.24, 2.45) is 0 Å². The molecular weight excluding hydrogens is 388 g/mol. The minimum absolute atomic E-state index is 0.0176. The lowest BCUT2D eigenvalue weighted by atomic mass is 10.0. The molecule has 1 aliphatic heterocycles. The first-order valence-electron chi connectivity index (χ1n) is 11.3. The van der Waals surface area contributed by atoms with E-state index >= 15 is 0 Å². The van der Waals surface area contributed by atoms with Crippen LogP contribution < -0.4 is 4.90 Å². The van der Waals surface area contributed by atoms with Crippen LogP contribution in [0.25, 0.3) is 0 Å². The molecule has 2 aromatic rings. The Morgan fingerprint density at radius 2 is 1.39 bits per heavy atom. The second kappa shape index (κ2) is 9.04. The van der Waals surface area contributed by atoms with E-state index in [1.807, 2.05) is 50.2 Å². The first-order valence-corrected chi connectivity index (χ1v) is 11.3. The van der Waals surface area contributed by atoms with E-state index in [1.165, 1.54) is 4.90 Å². The first kappa shape index (κ1) is 21.3. The molecule has 2 aromatic carbocycles. The second-order valence-corrected chi connectivity index (χ2v) is 8.85. The molecule has 0 bridgehead atoms. The van der Waals surface area contributed by atoms with Gasteiger partial charge in [0.05, 0.1) is 12.1 Å². The van der Waals surface area contributed by atoms with Crippen LogP contribution in [0, 0.1) is 13.8 Å². The van der Waals surface area contributed by atoms with Gasteiger partial charge in [0, 0.05) is 11.6 Å². The smallest absolute Gasteiger partial charge is 0.257 e. The van der Waals surface area contributed by atoms with Gasteiger partial charge >= 0.3 is 0 Å². The van der Waals surface area contributed by atoms with Crippen LogP contribution in [0.5, 0.6) is 0 Å². The molecule has 31 heavy (non-hydrogen) atoms. The number of carbonyl (C=O) groups is 3. The van der Waals surface area contributed by atoms with E-state index in [-0.39, 0.29) is 30.2 Å². The molecule has 0 aromatic heterocycles. The molecule has 2 fully saturated rings. The zero-order valence-corrected chi connectivity index (χ0v) is 18.3. The summed E-state index contributed by atoms with van der Waals surface area (Å²) in [5, 5.41) is 0. The van der Waals surface area contributed by atoms with Crippen molar-refractivity contribution in [1.82, 2.24) is 4.90 Å². The molecule has 1 heterocycles. The van der Waals surface area contributed by atoms with E-state index in [9.17, 15) is 14.4 Å². The Labute approximate surface area is 184 Å². The molecule has 5 nitrogen and oxygen atoms in total. The fraction of sp³-hybridized carbons (Fsp3) is 0.423. The van der Waals surface area contributed by atoms with Gasteiger partial charge in [-0.05, 0) is 51.0 Å². The lowest BCUT2D eigenvalue weighted by Crippen LogP contribution is -2.50. The predicted molar refractivity (Wildman–Crippen MR) is 121 cm³/mol. The van der Waals surface area contributed by atoms with Crippen LogP contribution in [0.3, 0.4) is 0 Å². The van der Waals surface area contributed by atoms with Gasteiger partial charge in [-0.1, -0.05) is 61.1 Å². The third-order valence-corrected chi connectivity index (χ3v) is 6.50. The van der Waals surface area contributed by atoms with Gasteiger partial charge in [0.25, 0.3) is 11.8 Å². The highest BCUT2D eigenvalue weighted by Gasteiger charge is 2.46. The number of amides is 3. The molecule has 0 radical (unpaired) electrons. The number of carbonyl (C=O) groups excluding carboxylic acids is 3. The highest BCUT2D eigenvalue weighted by Crippen LogP contribution is 2.32. The summed E-state index contributed by atoms with van der Waals surface area (Å²) >= 11 is 0. The number of nitrogens with zero attached hydrogens (tertiary/aromatic N) is 2. The molecule has 1 atom stereocenters. The molecule has 4 rings (SSSR count). The van der Waals surface area contributed by atoms with Gasteiger partial charge in [0.15, 0.2) is 0 Å². The highest BCUT2D eigenvalue weighted by atomic mass is 16.2. The van der Waals surface area contributed by atoms with E-state index in [0.717, 1.165) is 49.7 Å². The molecule has 162 valence electrons. The Morgan fingerprint density at radius 1 is 0.839 bits per heavy atom. The molecular formula is C26H30N2O3. The number of aryl methyl sites for hydroxylation is 2. The van der Waals surface area contributed by atoms with Gasteiger partial charge in [-0.25, -0.2) is 4.90 Å². The Kier molecular flexibility index (Phi) is 6.21. The SMILES string of the molecule is Cc1ccc(C(=O)N(C2CCCCCC2)C2CC(=O)N(c3ccc(C)cc3)C2=O)cc1. The minimum atomic E-state index is -0.745. The van der Waals surface area contributed by atoms with E-state index < -0.39 is 6.04 Å². The average molecular weight is 419 g/mol. The standard InChI is InChI=1S/C26H30N2O3/c1-18-9-13-20(14-10-18)25(30)27(21-7-5-3-4-6-8-21)23-17-24(29)28(26(23)31)22-15-11-19(2)12-16-22/h9-16,21,23H,3-8,17H2,1-2H3. The molecule has 1 aliphatic carbocycles. The van der Waals surface area contributed by atoms with Crippen LogP contribution in [0.15, 0.2) is 48.5 Å². The zero-order chi connectivity index (χ0) is 22.0. The number of imide groups is 1. The van der Waals surface area contributed by atoms with Gasteiger partial charge in [0.1, 0.15) is 6.04 Å². The number of hydrogen-bond donors (Lipinski definition) is 0. The zero-order valence-electron chi connectivity index (χ0n) is 18.3. The van der Waals surface area contributed by atoms with Crippen molar-refractivity contribution in [1.29, 1.82) is 0 Å². The maximum Gasteiger partial charge on any atom is 0.257 e. The normalized spacial score (nSPS) is 20.1. The largest absolute Gasteiger partial charge is 0.323 e. The summed E-state index contributed by atoms with van der Waals surface area (Å²) in [6.45, 7) is 3.95. The molecule has 0 N–H and O–H groups in total. The summed E-state index contributed by atoms with van der Waals surface area (Å²) in [7, 11) is 0. The Hall–Kier alpha value is -2.95. The van der Waals surface area contributed by atoms with Gasteiger partial charge in [-0.15, -0.1) is 0 Å². The van der Waals surface area contributed by atoms with E-state index in [4.69, 9.17) is 0 Å². The summed E-state index contributed by atoms with van der Waals surface area (Å²) in [5.74, 6) is -0.684.